The number of aliphatic hydroxyl groups excluding tert-OH is 1. The largest absolute Gasteiger partial charge is 0.492 e. The first-order chi connectivity index (χ1) is 7.19. The molecule has 0 radical (unpaired) electrons. The SMILES string of the molecule is CCOc1cc(C)c(NCCO)cc1Cl. The Bertz CT molecular complexity index is 329. The fourth-order valence-corrected chi connectivity index (χ4v) is 1.52. The molecule has 2 N–H and O–H groups in total. The highest BCUT2D eigenvalue weighted by atomic mass is 35.5. The lowest BCUT2D eigenvalue weighted by Crippen LogP contribution is -2.07. The maximum atomic E-state index is 8.71. The highest BCUT2D eigenvalue weighted by Gasteiger charge is 2.05. The molecule has 1 rings (SSSR count). The van der Waals surface area contributed by atoms with Crippen molar-refractivity contribution in [2.75, 3.05) is 25.1 Å². The first-order valence-corrected chi connectivity index (χ1v) is 5.34. The van der Waals surface area contributed by atoms with Crippen LogP contribution in [0.3, 0.4) is 0 Å². The van der Waals surface area contributed by atoms with Gasteiger partial charge in [0.15, 0.2) is 0 Å². The van der Waals surface area contributed by atoms with Gasteiger partial charge in [-0.05, 0) is 31.5 Å². The molecule has 0 unspecified atom stereocenters. The molecule has 1 aromatic rings. The third-order valence-corrected chi connectivity index (χ3v) is 2.30. The van der Waals surface area contributed by atoms with Crippen LogP contribution in [0.4, 0.5) is 5.69 Å². The van der Waals surface area contributed by atoms with Crippen LogP contribution in [0.5, 0.6) is 5.75 Å². The van der Waals surface area contributed by atoms with Crippen LogP contribution in [0.1, 0.15) is 12.5 Å². The van der Waals surface area contributed by atoms with Crippen molar-refractivity contribution in [3.63, 3.8) is 0 Å². The van der Waals surface area contributed by atoms with Gasteiger partial charge in [0.05, 0.1) is 18.2 Å². The Morgan fingerprint density at radius 2 is 2.20 bits per heavy atom. The van der Waals surface area contributed by atoms with Crippen molar-refractivity contribution in [1.82, 2.24) is 0 Å². The third-order valence-electron chi connectivity index (χ3n) is 2.01. The molecule has 0 bridgehead atoms. The van der Waals surface area contributed by atoms with E-state index in [4.69, 9.17) is 21.4 Å². The number of halogens is 1. The molecule has 84 valence electrons. The molecule has 0 heterocycles. The Kier molecular flexibility index (Phi) is 4.72. The second-order valence-electron chi connectivity index (χ2n) is 3.18. The average molecular weight is 230 g/mol. The zero-order valence-corrected chi connectivity index (χ0v) is 9.77. The van der Waals surface area contributed by atoms with Crippen LogP contribution < -0.4 is 10.1 Å². The summed E-state index contributed by atoms with van der Waals surface area (Å²) in [5.74, 6) is 0.700. The maximum Gasteiger partial charge on any atom is 0.138 e. The number of anilines is 1. The number of aryl methyl sites for hydroxylation is 1. The lowest BCUT2D eigenvalue weighted by Gasteiger charge is -2.12. The number of benzene rings is 1. The number of nitrogens with one attached hydrogen (secondary N) is 1. The van der Waals surface area contributed by atoms with Gasteiger partial charge in [-0.3, -0.25) is 0 Å². The predicted molar refractivity (Wildman–Crippen MR) is 62.9 cm³/mol. The van der Waals surface area contributed by atoms with E-state index in [0.717, 1.165) is 11.3 Å². The number of rotatable bonds is 5. The number of aliphatic hydroxyl groups is 1. The lowest BCUT2D eigenvalue weighted by molar-refractivity contribution is 0.311. The van der Waals surface area contributed by atoms with Crippen LogP contribution in [0.15, 0.2) is 12.1 Å². The average Bonchev–Trinajstić information content (AvgIpc) is 2.21. The summed E-state index contributed by atoms with van der Waals surface area (Å²) in [5, 5.41) is 12.4. The molecule has 0 atom stereocenters. The van der Waals surface area contributed by atoms with Crippen LogP contribution in [0.2, 0.25) is 5.02 Å². The van der Waals surface area contributed by atoms with E-state index in [1.807, 2.05) is 26.0 Å². The van der Waals surface area contributed by atoms with E-state index in [1.165, 1.54) is 0 Å². The second kappa shape index (κ2) is 5.83. The van der Waals surface area contributed by atoms with Gasteiger partial charge in [0.1, 0.15) is 5.75 Å². The summed E-state index contributed by atoms with van der Waals surface area (Å²) in [6.45, 7) is 5.11. The van der Waals surface area contributed by atoms with Crippen molar-refractivity contribution in [1.29, 1.82) is 0 Å². The fraction of sp³-hybridized carbons (Fsp3) is 0.455. The van der Waals surface area contributed by atoms with E-state index in [1.54, 1.807) is 0 Å². The summed E-state index contributed by atoms with van der Waals surface area (Å²) < 4.78 is 5.37. The Hall–Kier alpha value is -0.930. The molecular formula is C11H16ClNO2. The van der Waals surface area contributed by atoms with Gasteiger partial charge in [-0.1, -0.05) is 11.6 Å². The number of ether oxygens (including phenoxy) is 1. The molecule has 4 heteroatoms. The van der Waals surface area contributed by atoms with E-state index >= 15 is 0 Å². The minimum Gasteiger partial charge on any atom is -0.492 e. The van der Waals surface area contributed by atoms with E-state index in [9.17, 15) is 0 Å². The van der Waals surface area contributed by atoms with Gasteiger partial charge in [-0.2, -0.15) is 0 Å². The van der Waals surface area contributed by atoms with Crippen LogP contribution in [0.25, 0.3) is 0 Å². The van der Waals surface area contributed by atoms with Crippen LogP contribution in [-0.2, 0) is 0 Å². The predicted octanol–water partition coefficient (Wildman–Crippen LogP) is 2.45. The van der Waals surface area contributed by atoms with Gasteiger partial charge < -0.3 is 15.2 Å². The molecule has 0 aliphatic heterocycles. The minimum absolute atomic E-state index is 0.101. The third kappa shape index (κ3) is 3.29. The van der Waals surface area contributed by atoms with Crippen LogP contribution >= 0.6 is 11.6 Å². The van der Waals surface area contributed by atoms with Crippen molar-refractivity contribution in [3.8, 4) is 5.75 Å². The topological polar surface area (TPSA) is 41.5 Å². The van der Waals surface area contributed by atoms with Gasteiger partial charge in [-0.15, -0.1) is 0 Å². The van der Waals surface area contributed by atoms with Crippen molar-refractivity contribution in [3.05, 3.63) is 22.7 Å². The Labute approximate surface area is 95.0 Å². The summed E-state index contributed by atoms with van der Waals surface area (Å²) in [4.78, 5) is 0. The van der Waals surface area contributed by atoms with E-state index in [0.29, 0.717) is 23.9 Å². The van der Waals surface area contributed by atoms with Crippen molar-refractivity contribution < 1.29 is 9.84 Å². The summed E-state index contributed by atoms with van der Waals surface area (Å²) in [7, 11) is 0. The van der Waals surface area contributed by atoms with Gasteiger partial charge >= 0.3 is 0 Å². The zero-order chi connectivity index (χ0) is 11.3. The molecule has 0 aliphatic rings. The quantitative estimate of drug-likeness (QED) is 0.815. The van der Waals surface area contributed by atoms with E-state index in [2.05, 4.69) is 5.32 Å². The van der Waals surface area contributed by atoms with Crippen molar-refractivity contribution >= 4 is 17.3 Å². The molecule has 0 spiro atoms. The molecule has 0 aliphatic carbocycles. The number of hydrogen-bond acceptors (Lipinski definition) is 3. The molecule has 1 aromatic carbocycles. The standard InChI is InChI=1S/C11H16ClNO2/c1-3-15-11-6-8(2)10(7-9(11)12)13-4-5-14/h6-7,13-14H,3-5H2,1-2H3. The smallest absolute Gasteiger partial charge is 0.138 e. The molecule has 0 aromatic heterocycles. The Balaban J connectivity index is 2.87. The van der Waals surface area contributed by atoms with Crippen molar-refractivity contribution in [2.45, 2.75) is 13.8 Å². The fourth-order valence-electron chi connectivity index (χ4n) is 1.30. The summed E-state index contributed by atoms with van der Waals surface area (Å²) in [6, 6.07) is 3.71. The highest BCUT2D eigenvalue weighted by Crippen LogP contribution is 2.30. The van der Waals surface area contributed by atoms with Gasteiger partial charge in [0.25, 0.3) is 0 Å². The Morgan fingerprint density at radius 3 is 2.80 bits per heavy atom. The zero-order valence-electron chi connectivity index (χ0n) is 9.01. The summed E-state index contributed by atoms with van der Waals surface area (Å²) in [5.41, 5.74) is 1.98. The van der Waals surface area contributed by atoms with Gasteiger partial charge in [0, 0.05) is 12.2 Å². The molecule has 3 nitrogen and oxygen atoms in total. The molecule has 0 saturated carbocycles. The minimum atomic E-state index is 0.101. The van der Waals surface area contributed by atoms with Gasteiger partial charge in [0.2, 0.25) is 0 Å². The highest BCUT2D eigenvalue weighted by molar-refractivity contribution is 6.32. The molecular weight excluding hydrogens is 214 g/mol. The van der Waals surface area contributed by atoms with E-state index in [-0.39, 0.29) is 6.61 Å². The summed E-state index contributed by atoms with van der Waals surface area (Å²) >= 11 is 6.03. The normalized spacial score (nSPS) is 10.1. The van der Waals surface area contributed by atoms with Crippen LogP contribution in [-0.4, -0.2) is 24.9 Å². The molecule has 0 saturated heterocycles. The lowest BCUT2D eigenvalue weighted by atomic mass is 10.2. The second-order valence-corrected chi connectivity index (χ2v) is 3.59. The van der Waals surface area contributed by atoms with Gasteiger partial charge in [-0.25, -0.2) is 0 Å². The first-order valence-electron chi connectivity index (χ1n) is 4.96. The molecule has 0 fully saturated rings. The monoisotopic (exact) mass is 229 g/mol. The molecule has 0 amide bonds. The maximum absolute atomic E-state index is 8.71. The molecule has 15 heavy (non-hydrogen) atoms. The Morgan fingerprint density at radius 1 is 1.47 bits per heavy atom. The number of hydrogen-bond donors (Lipinski definition) is 2. The van der Waals surface area contributed by atoms with E-state index < -0.39 is 0 Å². The first kappa shape index (κ1) is 12.1. The van der Waals surface area contributed by atoms with Crippen LogP contribution in [0, 0.1) is 6.92 Å². The summed E-state index contributed by atoms with van der Waals surface area (Å²) in [6.07, 6.45) is 0. The van der Waals surface area contributed by atoms with Crippen molar-refractivity contribution in [2.24, 2.45) is 0 Å².